The summed E-state index contributed by atoms with van der Waals surface area (Å²) in [6.45, 7) is 1.24. The summed E-state index contributed by atoms with van der Waals surface area (Å²) in [5, 5.41) is 0. The summed E-state index contributed by atoms with van der Waals surface area (Å²) in [5.74, 6) is -0.293. The maximum absolute atomic E-state index is 10.2. The fourth-order valence-corrected chi connectivity index (χ4v) is 0.948. The van der Waals surface area contributed by atoms with E-state index in [2.05, 4.69) is 0 Å². The average molecular weight is 165 g/mol. The quantitative estimate of drug-likeness (QED) is 0.381. The number of hydrogen-bond donors (Lipinski definition) is 3. The van der Waals surface area contributed by atoms with Gasteiger partial charge < -0.3 is 15.5 Å². The van der Waals surface area contributed by atoms with Gasteiger partial charge in [-0.3, -0.25) is 9.36 Å². The number of carbonyl (C=O) groups is 1. The molecule has 0 bridgehead atoms. The van der Waals surface area contributed by atoms with E-state index in [0.29, 0.717) is 5.82 Å². The molecule has 0 rings (SSSR count). The second kappa shape index (κ2) is 2.96. The Morgan fingerprint density at radius 2 is 2.00 bits per heavy atom. The van der Waals surface area contributed by atoms with Crippen LogP contribution in [0.5, 0.6) is 0 Å². The second-order valence-corrected chi connectivity index (χ2v) is 3.20. The molecule has 0 spiro atoms. The summed E-state index contributed by atoms with van der Waals surface area (Å²) in [4.78, 5) is 26.7. The molecule has 0 aromatic carbocycles. The Kier molecular flexibility index (Phi) is 2.77. The first-order valence-electron chi connectivity index (χ1n) is 2.37. The van der Waals surface area contributed by atoms with Crippen molar-refractivity contribution in [2.45, 2.75) is 6.92 Å². The van der Waals surface area contributed by atoms with Gasteiger partial charge >= 0.3 is 7.60 Å². The van der Waals surface area contributed by atoms with Crippen molar-refractivity contribution in [3.63, 3.8) is 0 Å². The van der Waals surface area contributed by atoms with Crippen molar-refractivity contribution < 1.29 is 19.1 Å². The van der Waals surface area contributed by atoms with Gasteiger partial charge in [0.15, 0.2) is 0 Å². The number of rotatable bonds is 2. The molecule has 0 saturated carbocycles. The van der Waals surface area contributed by atoms with Gasteiger partial charge in [-0.15, -0.1) is 0 Å². The Morgan fingerprint density at radius 3 is 2.10 bits per heavy atom. The first kappa shape index (κ1) is 9.36. The van der Waals surface area contributed by atoms with Crippen LogP contribution in [0.4, 0.5) is 0 Å². The SMILES string of the molecule is C/C(=C\P(=O)(O)O)C(N)=O. The van der Waals surface area contributed by atoms with E-state index in [9.17, 15) is 9.36 Å². The number of nitrogens with two attached hydrogens (primary N) is 1. The van der Waals surface area contributed by atoms with Crippen LogP contribution in [0.1, 0.15) is 6.92 Å². The number of amides is 1. The Labute approximate surface area is 57.7 Å². The molecular weight excluding hydrogens is 157 g/mol. The highest BCUT2D eigenvalue weighted by Crippen LogP contribution is 2.37. The molecule has 0 fully saturated rings. The van der Waals surface area contributed by atoms with Gasteiger partial charge in [0.1, 0.15) is 0 Å². The monoisotopic (exact) mass is 165 g/mol. The molecule has 0 heterocycles. The summed E-state index contributed by atoms with van der Waals surface area (Å²) in [6, 6.07) is 0. The topological polar surface area (TPSA) is 101 Å². The van der Waals surface area contributed by atoms with Gasteiger partial charge in [-0.2, -0.15) is 0 Å². The zero-order valence-electron chi connectivity index (χ0n) is 5.31. The van der Waals surface area contributed by atoms with Crippen LogP contribution in [0, 0.1) is 0 Å². The zero-order valence-corrected chi connectivity index (χ0v) is 6.21. The molecule has 0 unspecified atom stereocenters. The minimum Gasteiger partial charge on any atom is -0.366 e. The van der Waals surface area contributed by atoms with Crippen LogP contribution < -0.4 is 5.73 Å². The van der Waals surface area contributed by atoms with Crippen molar-refractivity contribution in [1.82, 2.24) is 0 Å². The van der Waals surface area contributed by atoms with E-state index in [1.807, 2.05) is 0 Å². The maximum Gasteiger partial charge on any atom is 0.349 e. The summed E-state index contributed by atoms with van der Waals surface area (Å²) < 4.78 is 10.2. The summed E-state index contributed by atoms with van der Waals surface area (Å²) in [6.07, 6.45) is 0. The van der Waals surface area contributed by atoms with Crippen LogP contribution in [0.3, 0.4) is 0 Å². The Bertz CT molecular complexity index is 215. The highest BCUT2D eigenvalue weighted by atomic mass is 31.2. The Hall–Kier alpha value is -0.640. The van der Waals surface area contributed by atoms with Gasteiger partial charge in [0.2, 0.25) is 5.91 Å². The van der Waals surface area contributed by atoms with E-state index < -0.39 is 13.5 Å². The van der Waals surface area contributed by atoms with E-state index in [4.69, 9.17) is 15.5 Å². The van der Waals surface area contributed by atoms with E-state index in [1.165, 1.54) is 6.92 Å². The molecule has 10 heavy (non-hydrogen) atoms. The molecule has 0 aromatic rings. The number of carbonyl (C=O) groups excluding carboxylic acids is 1. The third-order valence-electron chi connectivity index (χ3n) is 0.750. The summed E-state index contributed by atoms with van der Waals surface area (Å²) in [5.41, 5.74) is 4.56. The first-order valence-corrected chi connectivity index (χ1v) is 4.05. The first-order chi connectivity index (χ1) is 4.33. The molecular formula is C4H8NO4P. The minimum atomic E-state index is -4.24. The highest BCUT2D eigenvalue weighted by Gasteiger charge is 2.10. The van der Waals surface area contributed by atoms with Crippen LogP contribution in [0.25, 0.3) is 0 Å². The second-order valence-electron chi connectivity index (χ2n) is 1.77. The molecule has 0 aromatic heterocycles. The van der Waals surface area contributed by atoms with Gasteiger partial charge in [0, 0.05) is 11.4 Å². The smallest absolute Gasteiger partial charge is 0.349 e. The van der Waals surface area contributed by atoms with Gasteiger partial charge in [-0.05, 0) is 6.92 Å². The standard InChI is InChI=1S/C4H8NO4P/c1-3(4(5)6)2-10(7,8)9/h2H,1H3,(H2,5,6)(H2,7,8,9)/b3-2+. The molecule has 0 radical (unpaired) electrons. The van der Waals surface area contributed by atoms with Crippen molar-refractivity contribution in [3.8, 4) is 0 Å². The molecule has 4 N–H and O–H groups in total. The van der Waals surface area contributed by atoms with E-state index in [-0.39, 0.29) is 5.57 Å². The van der Waals surface area contributed by atoms with Crippen LogP contribution in [-0.4, -0.2) is 15.7 Å². The van der Waals surface area contributed by atoms with Gasteiger partial charge in [0.05, 0.1) is 0 Å². The van der Waals surface area contributed by atoms with Gasteiger partial charge in [-0.1, -0.05) is 0 Å². The van der Waals surface area contributed by atoms with E-state index >= 15 is 0 Å². The van der Waals surface area contributed by atoms with Crippen LogP contribution in [0.2, 0.25) is 0 Å². The number of hydrogen-bond acceptors (Lipinski definition) is 2. The average Bonchev–Trinajstić information content (AvgIpc) is 1.60. The third kappa shape index (κ3) is 4.26. The van der Waals surface area contributed by atoms with Crippen molar-refractivity contribution in [1.29, 1.82) is 0 Å². The fourth-order valence-electron chi connectivity index (χ4n) is 0.316. The minimum absolute atomic E-state index is 0.131. The Balaban J connectivity index is 4.48. The lowest BCUT2D eigenvalue weighted by Crippen LogP contribution is -2.11. The zero-order chi connectivity index (χ0) is 8.36. The largest absolute Gasteiger partial charge is 0.366 e. The number of primary amides is 1. The molecule has 58 valence electrons. The van der Waals surface area contributed by atoms with Crippen molar-refractivity contribution in [2.75, 3.05) is 0 Å². The lowest BCUT2D eigenvalue weighted by Gasteiger charge is -1.96. The molecule has 0 saturated heterocycles. The highest BCUT2D eigenvalue weighted by molar-refractivity contribution is 7.55. The molecule has 0 atom stereocenters. The van der Waals surface area contributed by atoms with E-state index in [0.717, 1.165) is 0 Å². The van der Waals surface area contributed by atoms with Crippen LogP contribution in [-0.2, 0) is 9.36 Å². The molecule has 0 aliphatic heterocycles. The van der Waals surface area contributed by atoms with Crippen LogP contribution in [0.15, 0.2) is 11.4 Å². The predicted octanol–water partition coefficient (Wildman–Crippen LogP) is -0.447. The van der Waals surface area contributed by atoms with Gasteiger partial charge in [0.25, 0.3) is 0 Å². The van der Waals surface area contributed by atoms with Crippen molar-refractivity contribution in [3.05, 3.63) is 11.4 Å². The van der Waals surface area contributed by atoms with E-state index in [1.54, 1.807) is 0 Å². The lowest BCUT2D eigenvalue weighted by atomic mass is 10.3. The maximum atomic E-state index is 10.2. The Morgan fingerprint density at radius 1 is 1.60 bits per heavy atom. The van der Waals surface area contributed by atoms with Crippen LogP contribution >= 0.6 is 7.60 Å². The molecule has 1 amide bonds. The molecule has 0 aliphatic carbocycles. The molecule has 6 heteroatoms. The van der Waals surface area contributed by atoms with Crippen molar-refractivity contribution in [2.24, 2.45) is 5.73 Å². The normalized spacial score (nSPS) is 13.3. The predicted molar refractivity (Wildman–Crippen MR) is 35.0 cm³/mol. The summed E-state index contributed by atoms with van der Waals surface area (Å²) in [7, 11) is -4.24. The molecule has 0 aliphatic rings. The van der Waals surface area contributed by atoms with Crippen molar-refractivity contribution >= 4 is 13.5 Å². The molecule has 5 nitrogen and oxygen atoms in total. The van der Waals surface area contributed by atoms with Gasteiger partial charge in [-0.25, -0.2) is 0 Å². The lowest BCUT2D eigenvalue weighted by molar-refractivity contribution is -0.114. The third-order valence-corrected chi connectivity index (χ3v) is 1.47. The summed E-state index contributed by atoms with van der Waals surface area (Å²) >= 11 is 0. The fraction of sp³-hybridized carbons (Fsp3) is 0.250.